The first-order valence-electron chi connectivity index (χ1n) is 7.90. The van der Waals surface area contributed by atoms with Gasteiger partial charge in [-0.05, 0) is 23.6 Å². The van der Waals surface area contributed by atoms with Crippen molar-refractivity contribution < 1.29 is 14.3 Å². The number of amides is 1. The van der Waals surface area contributed by atoms with Crippen LogP contribution in [0.3, 0.4) is 0 Å². The zero-order chi connectivity index (χ0) is 17.3. The zero-order valence-electron chi connectivity index (χ0n) is 13.3. The third-order valence-electron chi connectivity index (χ3n) is 4.59. The largest absolute Gasteiger partial charge is 0.465 e. The van der Waals surface area contributed by atoms with Gasteiger partial charge in [0.05, 0.1) is 6.04 Å². The number of nitrogens with zero attached hydrogens (tertiary/aromatic N) is 1. The van der Waals surface area contributed by atoms with Gasteiger partial charge in [0, 0.05) is 18.9 Å². The third kappa shape index (κ3) is 3.39. The van der Waals surface area contributed by atoms with Gasteiger partial charge in [-0.2, -0.15) is 0 Å². The maximum atomic E-state index is 13.9. The van der Waals surface area contributed by atoms with Gasteiger partial charge in [-0.1, -0.05) is 66.2 Å². The van der Waals surface area contributed by atoms with Crippen LogP contribution in [0.5, 0.6) is 0 Å². The van der Waals surface area contributed by atoms with Crippen LogP contribution < -0.4 is 0 Å². The molecule has 3 rings (SSSR count). The van der Waals surface area contributed by atoms with Crippen LogP contribution in [-0.4, -0.2) is 21.2 Å². The third-order valence-corrected chi connectivity index (χ3v) is 5.01. The van der Waals surface area contributed by atoms with Gasteiger partial charge < -0.3 is 5.11 Å². The Morgan fingerprint density at radius 3 is 2.46 bits per heavy atom. The molecule has 1 aliphatic carbocycles. The minimum absolute atomic E-state index is 0.199. The number of hydrogen-bond donors (Lipinski definition) is 1. The molecule has 0 bridgehead atoms. The second-order valence-corrected chi connectivity index (χ2v) is 6.84. The number of carboxylic acid groups (broad SMARTS) is 1. The molecular weight excluding hydrogens is 329 g/mol. The summed E-state index contributed by atoms with van der Waals surface area (Å²) in [5, 5.41) is 7.94. The van der Waals surface area contributed by atoms with Crippen LogP contribution >= 0.6 is 11.6 Å². The van der Waals surface area contributed by atoms with Crippen molar-refractivity contribution in [1.82, 2.24) is 4.90 Å². The summed E-state index contributed by atoms with van der Waals surface area (Å²) in [6, 6.07) is 16.5. The van der Waals surface area contributed by atoms with Gasteiger partial charge in [-0.15, -0.1) is 0 Å². The highest BCUT2D eigenvalue weighted by molar-refractivity contribution is 6.25. The molecule has 1 amide bonds. The first-order chi connectivity index (χ1) is 11.4. The van der Waals surface area contributed by atoms with Crippen LogP contribution in [0.25, 0.3) is 0 Å². The minimum atomic E-state index is -1.70. The molecule has 0 spiro atoms. The average Bonchev–Trinajstić information content (AvgIpc) is 3.21. The maximum absolute atomic E-state index is 13.9. The molecule has 1 aliphatic rings. The van der Waals surface area contributed by atoms with Crippen LogP contribution in [0, 0.1) is 0 Å². The molecule has 5 heteroatoms. The standard InChI is InChI=1S/C19H19ClFNO2/c1-13(14-7-3-2-4-8-14)22(18(23)24)12-15-9-5-6-10-16(15)17-11-19(17,20)21/h2-10,13,17H,11-12H2,1H3,(H,23,24). The van der Waals surface area contributed by atoms with E-state index in [1.165, 1.54) is 4.90 Å². The average molecular weight is 348 g/mol. The molecule has 2 aromatic carbocycles. The van der Waals surface area contributed by atoms with Gasteiger partial charge in [-0.25, -0.2) is 9.18 Å². The Labute approximate surface area is 145 Å². The molecule has 126 valence electrons. The van der Waals surface area contributed by atoms with E-state index in [-0.39, 0.29) is 24.9 Å². The van der Waals surface area contributed by atoms with E-state index >= 15 is 0 Å². The highest BCUT2D eigenvalue weighted by Gasteiger charge is 2.55. The van der Waals surface area contributed by atoms with Crippen LogP contribution in [0.1, 0.15) is 42.0 Å². The Balaban J connectivity index is 1.86. The second-order valence-electron chi connectivity index (χ2n) is 6.21. The molecule has 0 aromatic heterocycles. The molecular formula is C19H19ClFNO2. The first kappa shape index (κ1) is 16.8. The number of halogens is 2. The lowest BCUT2D eigenvalue weighted by Crippen LogP contribution is -2.32. The van der Waals surface area contributed by atoms with E-state index in [2.05, 4.69) is 0 Å². The highest BCUT2D eigenvalue weighted by atomic mass is 35.5. The topological polar surface area (TPSA) is 40.5 Å². The Kier molecular flexibility index (Phi) is 4.50. The monoisotopic (exact) mass is 347 g/mol. The van der Waals surface area contributed by atoms with Gasteiger partial charge in [0.2, 0.25) is 0 Å². The molecule has 0 heterocycles. The first-order valence-corrected chi connectivity index (χ1v) is 8.28. The van der Waals surface area contributed by atoms with Gasteiger partial charge in [0.25, 0.3) is 0 Å². The van der Waals surface area contributed by atoms with E-state index in [1.54, 1.807) is 0 Å². The van der Waals surface area contributed by atoms with Crippen molar-refractivity contribution in [3.05, 3.63) is 71.3 Å². The fourth-order valence-corrected chi connectivity index (χ4v) is 3.31. The van der Waals surface area contributed by atoms with Gasteiger partial charge in [0.15, 0.2) is 5.13 Å². The summed E-state index contributed by atoms with van der Waals surface area (Å²) in [7, 11) is 0. The lowest BCUT2D eigenvalue weighted by atomic mass is 10.0. The zero-order valence-corrected chi connectivity index (χ0v) is 14.1. The molecule has 1 N–H and O–H groups in total. The van der Waals surface area contributed by atoms with E-state index in [0.29, 0.717) is 0 Å². The number of alkyl halides is 2. The summed E-state index contributed by atoms with van der Waals surface area (Å²) in [5.74, 6) is -0.363. The van der Waals surface area contributed by atoms with Crippen LogP contribution in [0.2, 0.25) is 0 Å². The fraction of sp³-hybridized carbons (Fsp3) is 0.316. The van der Waals surface area contributed by atoms with Crippen LogP contribution in [0.15, 0.2) is 54.6 Å². The summed E-state index contributed by atoms with van der Waals surface area (Å²) in [6.45, 7) is 2.05. The maximum Gasteiger partial charge on any atom is 0.408 e. The lowest BCUT2D eigenvalue weighted by molar-refractivity contribution is 0.124. The Morgan fingerprint density at radius 1 is 1.29 bits per heavy atom. The number of carbonyl (C=O) groups is 1. The minimum Gasteiger partial charge on any atom is -0.465 e. The van der Waals surface area contributed by atoms with Gasteiger partial charge in [-0.3, -0.25) is 4.90 Å². The predicted octanol–water partition coefficient (Wildman–Crippen LogP) is 5.32. The Bertz CT molecular complexity index is 735. The Hall–Kier alpha value is -2.07. The van der Waals surface area contributed by atoms with Crippen LogP contribution in [-0.2, 0) is 6.54 Å². The molecule has 0 radical (unpaired) electrons. The number of rotatable bonds is 5. The van der Waals surface area contributed by atoms with Gasteiger partial charge in [0.1, 0.15) is 0 Å². The molecule has 3 nitrogen and oxygen atoms in total. The van der Waals surface area contributed by atoms with Crippen molar-refractivity contribution in [2.24, 2.45) is 0 Å². The molecule has 1 saturated carbocycles. The van der Waals surface area contributed by atoms with Crippen molar-refractivity contribution >= 4 is 17.7 Å². The summed E-state index contributed by atoms with van der Waals surface area (Å²) >= 11 is 5.77. The molecule has 2 aromatic rings. The molecule has 3 atom stereocenters. The van der Waals surface area contributed by atoms with Crippen molar-refractivity contribution in [3.63, 3.8) is 0 Å². The summed E-state index contributed by atoms with van der Waals surface area (Å²) in [6.07, 6.45) is -0.735. The molecule has 3 unspecified atom stereocenters. The summed E-state index contributed by atoms with van der Waals surface area (Å²) < 4.78 is 13.9. The van der Waals surface area contributed by atoms with Crippen molar-refractivity contribution in [2.75, 3.05) is 0 Å². The normalized spacial score (nSPS) is 23.5. The highest BCUT2D eigenvalue weighted by Crippen LogP contribution is 2.58. The Morgan fingerprint density at radius 2 is 1.88 bits per heavy atom. The lowest BCUT2D eigenvalue weighted by Gasteiger charge is -2.28. The molecule has 24 heavy (non-hydrogen) atoms. The molecule has 1 fully saturated rings. The van der Waals surface area contributed by atoms with E-state index in [0.717, 1.165) is 16.7 Å². The van der Waals surface area contributed by atoms with E-state index in [4.69, 9.17) is 11.6 Å². The fourth-order valence-electron chi connectivity index (χ4n) is 3.03. The SMILES string of the molecule is CC(c1ccccc1)N(Cc1ccccc1C1CC1(F)Cl)C(=O)O. The number of hydrogen-bond acceptors (Lipinski definition) is 1. The summed E-state index contributed by atoms with van der Waals surface area (Å²) in [4.78, 5) is 13.1. The second kappa shape index (κ2) is 6.44. The van der Waals surface area contributed by atoms with Crippen molar-refractivity contribution in [3.8, 4) is 0 Å². The number of benzene rings is 2. The van der Waals surface area contributed by atoms with E-state index in [1.807, 2.05) is 61.5 Å². The van der Waals surface area contributed by atoms with Gasteiger partial charge >= 0.3 is 6.09 Å². The molecule has 0 aliphatic heterocycles. The quantitative estimate of drug-likeness (QED) is 0.743. The van der Waals surface area contributed by atoms with E-state index in [9.17, 15) is 14.3 Å². The van der Waals surface area contributed by atoms with Crippen molar-refractivity contribution in [2.45, 2.75) is 37.0 Å². The van der Waals surface area contributed by atoms with Crippen LogP contribution in [0.4, 0.5) is 9.18 Å². The smallest absolute Gasteiger partial charge is 0.408 e. The summed E-state index contributed by atoms with van der Waals surface area (Å²) in [5.41, 5.74) is 2.51. The predicted molar refractivity (Wildman–Crippen MR) is 91.9 cm³/mol. The van der Waals surface area contributed by atoms with E-state index < -0.39 is 11.2 Å². The molecule has 0 saturated heterocycles. The van der Waals surface area contributed by atoms with Crippen molar-refractivity contribution in [1.29, 1.82) is 0 Å².